The first-order chi connectivity index (χ1) is 15.5. The van der Waals surface area contributed by atoms with Crippen molar-refractivity contribution in [3.63, 3.8) is 0 Å². The number of fused-ring (bicyclic) bond motifs is 5. The van der Waals surface area contributed by atoms with E-state index < -0.39 is 34.1 Å². The van der Waals surface area contributed by atoms with Crippen molar-refractivity contribution in [2.45, 2.75) is 63.8 Å². The maximum atomic E-state index is 17.2. The van der Waals surface area contributed by atoms with Gasteiger partial charge in [0.15, 0.2) is 16.5 Å². The van der Waals surface area contributed by atoms with Gasteiger partial charge in [-0.1, -0.05) is 43.7 Å². The van der Waals surface area contributed by atoms with Crippen molar-refractivity contribution in [1.82, 2.24) is 0 Å². The van der Waals surface area contributed by atoms with Crippen LogP contribution in [0.15, 0.2) is 54.1 Å². The molecule has 4 nitrogen and oxygen atoms in total. The fourth-order valence-electron chi connectivity index (χ4n) is 7.65. The lowest BCUT2D eigenvalue weighted by atomic mass is 9.45. The van der Waals surface area contributed by atoms with Gasteiger partial charge in [-0.2, -0.15) is 0 Å². The number of aliphatic hydroxyl groups is 2. The Hall–Kier alpha value is -1.89. The summed E-state index contributed by atoms with van der Waals surface area (Å²) in [5.41, 5.74) is -4.55. The highest BCUT2D eigenvalue weighted by Gasteiger charge is 2.75. The van der Waals surface area contributed by atoms with Gasteiger partial charge < -0.3 is 14.9 Å². The molecule has 0 bridgehead atoms. The minimum absolute atomic E-state index is 0.0639. The highest BCUT2D eigenvalue weighted by molar-refractivity contribution is 7.80. The molecule has 0 aromatic heterocycles. The molecule has 0 heterocycles. The summed E-state index contributed by atoms with van der Waals surface area (Å²) in [6, 6.07) is 9.11. The van der Waals surface area contributed by atoms with E-state index in [1.165, 1.54) is 12.2 Å². The van der Waals surface area contributed by atoms with Crippen LogP contribution >= 0.6 is 12.2 Å². The standard InChI is InChI=1S/C27H31FO4S/c1-16-13-21-20-10-9-17-14-18(29)11-12-24(17,2)26(20,28)22(30)15-25(21,3)27(16,31)23(33)32-19-7-5-4-6-8-19/h4-8,11-12,14,16,20-22,30-31H,9-10,13,15H2,1-3H3/t16-,20-,21-,22-,24-,25-,26-,27-/m0/s1. The minimum Gasteiger partial charge on any atom is -0.447 e. The molecule has 0 unspecified atom stereocenters. The van der Waals surface area contributed by atoms with E-state index in [0.29, 0.717) is 25.0 Å². The summed E-state index contributed by atoms with van der Waals surface area (Å²) in [5, 5.41) is 23.6. The predicted octanol–water partition coefficient (Wildman–Crippen LogP) is 4.74. The zero-order valence-corrected chi connectivity index (χ0v) is 20.1. The number of para-hydroxylation sites is 1. The topological polar surface area (TPSA) is 66.8 Å². The molecule has 8 atom stereocenters. The minimum atomic E-state index is -1.93. The number of hydrogen-bond donors (Lipinski definition) is 2. The predicted molar refractivity (Wildman–Crippen MR) is 128 cm³/mol. The molecule has 0 aliphatic heterocycles. The maximum Gasteiger partial charge on any atom is 0.199 e. The van der Waals surface area contributed by atoms with Crippen LogP contribution in [0.2, 0.25) is 0 Å². The first-order valence-electron chi connectivity index (χ1n) is 11.8. The second kappa shape index (κ2) is 7.30. The molecule has 0 radical (unpaired) electrons. The largest absolute Gasteiger partial charge is 0.447 e. The summed E-state index contributed by atoms with van der Waals surface area (Å²) in [6.45, 7) is 5.66. The monoisotopic (exact) mass is 470 g/mol. The molecule has 176 valence electrons. The molecule has 0 saturated heterocycles. The third kappa shape index (κ3) is 2.80. The number of ether oxygens (including phenoxy) is 1. The Kier molecular flexibility index (Phi) is 5.06. The van der Waals surface area contributed by atoms with Gasteiger partial charge in [0.2, 0.25) is 0 Å². The van der Waals surface area contributed by atoms with Crippen LogP contribution in [-0.2, 0) is 4.79 Å². The molecule has 4 aliphatic carbocycles. The van der Waals surface area contributed by atoms with Gasteiger partial charge in [0.25, 0.3) is 0 Å². The van der Waals surface area contributed by atoms with Crippen LogP contribution in [0.25, 0.3) is 0 Å². The number of rotatable bonds is 2. The number of benzene rings is 1. The van der Waals surface area contributed by atoms with Gasteiger partial charge in [-0.05, 0) is 80.9 Å². The molecule has 3 saturated carbocycles. The number of carbonyl (C=O) groups excluding carboxylic acids is 1. The number of aliphatic hydroxyl groups excluding tert-OH is 1. The summed E-state index contributed by atoms with van der Waals surface area (Å²) < 4.78 is 23.1. The number of allylic oxidation sites excluding steroid dienone is 4. The van der Waals surface area contributed by atoms with Crippen molar-refractivity contribution in [3.05, 3.63) is 54.1 Å². The van der Waals surface area contributed by atoms with Crippen LogP contribution in [0.4, 0.5) is 4.39 Å². The summed E-state index contributed by atoms with van der Waals surface area (Å²) in [4.78, 5) is 12.0. The summed E-state index contributed by atoms with van der Waals surface area (Å²) >= 11 is 5.66. The fourth-order valence-corrected chi connectivity index (χ4v) is 8.19. The first-order valence-corrected chi connectivity index (χ1v) is 12.2. The molecule has 1 aromatic carbocycles. The van der Waals surface area contributed by atoms with Crippen molar-refractivity contribution in [3.8, 4) is 5.75 Å². The molecular weight excluding hydrogens is 439 g/mol. The zero-order chi connectivity index (χ0) is 23.8. The van der Waals surface area contributed by atoms with Crippen molar-refractivity contribution in [1.29, 1.82) is 0 Å². The van der Waals surface area contributed by atoms with Gasteiger partial charge >= 0.3 is 0 Å². The SMILES string of the molecule is C[C@H]1C[C@H]2[C@@H]3CCC4=CC(=O)C=C[C@]4(C)[C@@]3(F)[C@@H](O)C[C@]2(C)[C@@]1(O)C(=S)Oc1ccccc1. The highest BCUT2D eigenvalue weighted by atomic mass is 32.1. The van der Waals surface area contributed by atoms with E-state index in [4.69, 9.17) is 17.0 Å². The Balaban J connectivity index is 1.54. The number of halogens is 1. The Bertz CT molecular complexity index is 1070. The smallest absolute Gasteiger partial charge is 0.199 e. The lowest BCUT2D eigenvalue weighted by molar-refractivity contribution is -0.209. The van der Waals surface area contributed by atoms with E-state index in [1.807, 2.05) is 32.0 Å². The third-order valence-corrected chi connectivity index (χ3v) is 9.88. The summed E-state index contributed by atoms with van der Waals surface area (Å²) in [7, 11) is 0. The van der Waals surface area contributed by atoms with E-state index in [-0.39, 0.29) is 29.1 Å². The van der Waals surface area contributed by atoms with Crippen LogP contribution in [0.3, 0.4) is 0 Å². The summed E-state index contributed by atoms with van der Waals surface area (Å²) in [6.07, 6.45) is 5.06. The lowest BCUT2D eigenvalue weighted by Gasteiger charge is -2.62. The number of hydrogen-bond acceptors (Lipinski definition) is 5. The highest BCUT2D eigenvalue weighted by Crippen LogP contribution is 2.70. The van der Waals surface area contributed by atoms with E-state index in [9.17, 15) is 15.0 Å². The van der Waals surface area contributed by atoms with Crippen LogP contribution in [0.1, 0.15) is 46.5 Å². The molecule has 2 N–H and O–H groups in total. The fraction of sp³-hybridized carbons (Fsp3) is 0.556. The van der Waals surface area contributed by atoms with Crippen molar-refractivity contribution in [2.75, 3.05) is 0 Å². The van der Waals surface area contributed by atoms with E-state index in [2.05, 4.69) is 0 Å². The first kappa shape index (κ1) is 22.9. The van der Waals surface area contributed by atoms with Crippen molar-refractivity contribution in [2.24, 2.45) is 28.6 Å². The Labute approximate surface area is 199 Å². The normalized spacial score (nSPS) is 46.1. The molecule has 0 amide bonds. The molecule has 0 spiro atoms. The van der Waals surface area contributed by atoms with Crippen molar-refractivity contribution < 1.29 is 24.1 Å². The van der Waals surface area contributed by atoms with Crippen LogP contribution in [-0.4, -0.2) is 38.4 Å². The third-order valence-electron chi connectivity index (χ3n) is 9.49. The van der Waals surface area contributed by atoms with E-state index in [1.54, 1.807) is 25.1 Å². The molecule has 1 aromatic rings. The average molecular weight is 471 g/mol. The molecule has 4 aliphatic rings. The quantitative estimate of drug-likeness (QED) is 0.611. The Morgan fingerprint density at radius 2 is 1.91 bits per heavy atom. The lowest BCUT2D eigenvalue weighted by Crippen LogP contribution is -2.69. The Morgan fingerprint density at radius 1 is 1.21 bits per heavy atom. The van der Waals surface area contributed by atoms with Gasteiger partial charge in [0.1, 0.15) is 11.4 Å². The molecule has 3 fully saturated rings. The van der Waals surface area contributed by atoms with Gasteiger partial charge in [-0.3, -0.25) is 4.79 Å². The van der Waals surface area contributed by atoms with Crippen LogP contribution in [0, 0.1) is 28.6 Å². The van der Waals surface area contributed by atoms with E-state index in [0.717, 1.165) is 5.57 Å². The van der Waals surface area contributed by atoms with Gasteiger partial charge in [-0.15, -0.1) is 0 Å². The zero-order valence-electron chi connectivity index (χ0n) is 19.3. The molecule has 6 heteroatoms. The molecule has 33 heavy (non-hydrogen) atoms. The van der Waals surface area contributed by atoms with Crippen molar-refractivity contribution >= 4 is 23.1 Å². The van der Waals surface area contributed by atoms with Gasteiger partial charge in [0, 0.05) is 16.7 Å². The molecular formula is C27H31FO4S. The van der Waals surface area contributed by atoms with Crippen LogP contribution < -0.4 is 4.74 Å². The molecule has 5 rings (SSSR count). The summed E-state index contributed by atoms with van der Waals surface area (Å²) in [5.74, 6) is -0.503. The number of carbonyl (C=O) groups is 1. The second-order valence-electron chi connectivity index (χ2n) is 10.9. The Morgan fingerprint density at radius 3 is 2.61 bits per heavy atom. The second-order valence-corrected chi connectivity index (χ2v) is 11.2. The van der Waals surface area contributed by atoms with Crippen LogP contribution in [0.5, 0.6) is 5.75 Å². The van der Waals surface area contributed by atoms with E-state index >= 15 is 4.39 Å². The number of thiocarbonyl (C=S) groups is 1. The number of ketones is 1. The van der Waals surface area contributed by atoms with Gasteiger partial charge in [-0.25, -0.2) is 4.39 Å². The van der Waals surface area contributed by atoms with Gasteiger partial charge in [0.05, 0.1) is 6.10 Å². The maximum absolute atomic E-state index is 17.2. The number of alkyl halides is 1. The average Bonchev–Trinajstić information content (AvgIpc) is 2.97.